The molecule has 1 fully saturated rings. The first-order valence-corrected chi connectivity index (χ1v) is 9.19. The van der Waals surface area contributed by atoms with Crippen molar-refractivity contribution in [1.29, 1.82) is 0 Å². The Morgan fingerprint density at radius 1 is 0.963 bits per heavy atom. The van der Waals surface area contributed by atoms with Gasteiger partial charge in [-0.05, 0) is 54.8 Å². The Morgan fingerprint density at radius 3 is 2.41 bits per heavy atom. The number of aryl methyl sites for hydroxylation is 1. The standard InChI is InChI=1S/C21H24F3NO2/c22-21(23,24)19-5-1-3-18(15-19)16-27-20-8-6-17(7-9-20)4-2-10-25-11-13-26-14-12-25/h1,3,5-9,15H,2,4,10-14,16H2. The van der Waals surface area contributed by atoms with Crippen molar-refractivity contribution in [3.8, 4) is 5.75 Å². The van der Waals surface area contributed by atoms with Crippen LogP contribution in [-0.2, 0) is 23.9 Å². The van der Waals surface area contributed by atoms with E-state index in [1.165, 1.54) is 11.6 Å². The van der Waals surface area contributed by atoms with Crippen LogP contribution in [0.3, 0.4) is 0 Å². The van der Waals surface area contributed by atoms with E-state index in [4.69, 9.17) is 9.47 Å². The lowest BCUT2D eigenvalue weighted by Crippen LogP contribution is -2.36. The van der Waals surface area contributed by atoms with Gasteiger partial charge in [0.25, 0.3) is 0 Å². The van der Waals surface area contributed by atoms with E-state index in [1.54, 1.807) is 6.07 Å². The molecule has 27 heavy (non-hydrogen) atoms. The van der Waals surface area contributed by atoms with Crippen LogP contribution >= 0.6 is 0 Å². The van der Waals surface area contributed by atoms with Crippen LogP contribution < -0.4 is 4.74 Å². The molecule has 1 heterocycles. The summed E-state index contributed by atoms with van der Waals surface area (Å²) in [5.74, 6) is 0.657. The highest BCUT2D eigenvalue weighted by Crippen LogP contribution is 2.29. The molecule has 6 heteroatoms. The summed E-state index contributed by atoms with van der Waals surface area (Å²) in [6, 6.07) is 13.0. The Bertz CT molecular complexity index is 710. The normalized spacial score (nSPS) is 15.7. The van der Waals surface area contributed by atoms with Crippen molar-refractivity contribution in [2.24, 2.45) is 0 Å². The van der Waals surface area contributed by atoms with Gasteiger partial charge in [-0.15, -0.1) is 0 Å². The minimum Gasteiger partial charge on any atom is -0.489 e. The van der Waals surface area contributed by atoms with Crippen molar-refractivity contribution in [3.63, 3.8) is 0 Å². The van der Waals surface area contributed by atoms with Gasteiger partial charge >= 0.3 is 6.18 Å². The minimum atomic E-state index is -4.33. The molecular weight excluding hydrogens is 355 g/mol. The third kappa shape index (κ3) is 6.26. The van der Waals surface area contributed by atoms with Crippen LogP contribution in [0.1, 0.15) is 23.1 Å². The third-order valence-corrected chi connectivity index (χ3v) is 4.63. The van der Waals surface area contributed by atoms with Crippen LogP contribution in [0, 0.1) is 0 Å². The summed E-state index contributed by atoms with van der Waals surface area (Å²) in [6.45, 7) is 4.82. The molecule has 1 aliphatic heterocycles. The van der Waals surface area contributed by atoms with Gasteiger partial charge in [0, 0.05) is 13.1 Å². The maximum Gasteiger partial charge on any atom is 0.416 e. The van der Waals surface area contributed by atoms with Crippen molar-refractivity contribution in [2.75, 3.05) is 32.8 Å². The van der Waals surface area contributed by atoms with E-state index in [0.717, 1.165) is 57.8 Å². The van der Waals surface area contributed by atoms with Crippen LogP contribution in [0.15, 0.2) is 48.5 Å². The minimum absolute atomic E-state index is 0.111. The van der Waals surface area contributed by atoms with Gasteiger partial charge in [0.05, 0.1) is 18.8 Å². The van der Waals surface area contributed by atoms with Gasteiger partial charge in [0.1, 0.15) is 12.4 Å². The number of ether oxygens (including phenoxy) is 2. The SMILES string of the molecule is FC(F)(F)c1cccc(COc2ccc(CCCN3CCOCC3)cc2)c1. The molecule has 0 bridgehead atoms. The zero-order valence-corrected chi connectivity index (χ0v) is 15.2. The fourth-order valence-corrected chi connectivity index (χ4v) is 3.09. The van der Waals surface area contributed by atoms with E-state index >= 15 is 0 Å². The Morgan fingerprint density at radius 2 is 1.70 bits per heavy atom. The Kier molecular flexibility index (Phi) is 6.74. The summed E-state index contributed by atoms with van der Waals surface area (Å²) >= 11 is 0. The predicted octanol–water partition coefficient (Wildman–Crippen LogP) is 4.55. The average molecular weight is 379 g/mol. The summed E-state index contributed by atoms with van der Waals surface area (Å²) < 4.78 is 49.2. The molecule has 0 aliphatic carbocycles. The first kappa shape index (κ1) is 19.7. The lowest BCUT2D eigenvalue weighted by molar-refractivity contribution is -0.137. The summed E-state index contributed by atoms with van der Waals surface area (Å²) in [6.07, 6.45) is -2.26. The average Bonchev–Trinajstić information content (AvgIpc) is 2.68. The molecule has 0 radical (unpaired) electrons. The highest BCUT2D eigenvalue weighted by atomic mass is 19.4. The highest BCUT2D eigenvalue weighted by Gasteiger charge is 2.30. The molecule has 1 aliphatic rings. The number of benzene rings is 2. The van der Waals surface area contributed by atoms with Gasteiger partial charge in [-0.1, -0.05) is 24.3 Å². The van der Waals surface area contributed by atoms with Gasteiger partial charge in [-0.3, -0.25) is 4.90 Å². The van der Waals surface area contributed by atoms with E-state index in [2.05, 4.69) is 4.90 Å². The van der Waals surface area contributed by atoms with Crippen LogP contribution in [0.2, 0.25) is 0 Å². The zero-order chi connectivity index (χ0) is 19.1. The summed E-state index contributed by atoms with van der Waals surface area (Å²) in [5, 5.41) is 0. The van der Waals surface area contributed by atoms with E-state index in [9.17, 15) is 13.2 Å². The van der Waals surface area contributed by atoms with Crippen LogP contribution in [0.5, 0.6) is 5.75 Å². The summed E-state index contributed by atoms with van der Waals surface area (Å²) in [7, 11) is 0. The number of morpholine rings is 1. The van der Waals surface area contributed by atoms with Gasteiger partial charge < -0.3 is 9.47 Å². The fraction of sp³-hybridized carbons (Fsp3) is 0.429. The molecule has 3 rings (SSSR count). The second-order valence-electron chi connectivity index (χ2n) is 6.69. The van der Waals surface area contributed by atoms with Gasteiger partial charge in [-0.25, -0.2) is 0 Å². The molecule has 2 aromatic carbocycles. The van der Waals surface area contributed by atoms with Crippen molar-refractivity contribution in [3.05, 3.63) is 65.2 Å². The Hall–Kier alpha value is -2.05. The zero-order valence-electron chi connectivity index (χ0n) is 15.2. The van der Waals surface area contributed by atoms with Crippen molar-refractivity contribution in [1.82, 2.24) is 4.90 Å². The quantitative estimate of drug-likeness (QED) is 0.705. The van der Waals surface area contributed by atoms with E-state index < -0.39 is 11.7 Å². The van der Waals surface area contributed by atoms with Gasteiger partial charge in [0.15, 0.2) is 0 Å². The monoisotopic (exact) mass is 379 g/mol. The number of halogens is 3. The highest BCUT2D eigenvalue weighted by molar-refractivity contribution is 5.29. The first-order chi connectivity index (χ1) is 13.0. The number of hydrogen-bond donors (Lipinski definition) is 0. The molecule has 0 N–H and O–H groups in total. The molecule has 0 atom stereocenters. The Balaban J connectivity index is 1.45. The number of hydrogen-bond acceptors (Lipinski definition) is 3. The molecular formula is C21H24F3NO2. The fourth-order valence-electron chi connectivity index (χ4n) is 3.09. The third-order valence-electron chi connectivity index (χ3n) is 4.63. The van der Waals surface area contributed by atoms with E-state index in [0.29, 0.717) is 11.3 Å². The van der Waals surface area contributed by atoms with E-state index in [1.807, 2.05) is 24.3 Å². The molecule has 3 nitrogen and oxygen atoms in total. The number of nitrogens with zero attached hydrogens (tertiary/aromatic N) is 1. The molecule has 0 spiro atoms. The molecule has 0 aromatic heterocycles. The molecule has 0 unspecified atom stereocenters. The van der Waals surface area contributed by atoms with Crippen molar-refractivity contribution >= 4 is 0 Å². The maximum atomic E-state index is 12.7. The first-order valence-electron chi connectivity index (χ1n) is 9.19. The number of alkyl halides is 3. The maximum absolute atomic E-state index is 12.7. The molecule has 2 aromatic rings. The van der Waals surface area contributed by atoms with Crippen LogP contribution in [0.4, 0.5) is 13.2 Å². The molecule has 1 saturated heterocycles. The summed E-state index contributed by atoms with van der Waals surface area (Å²) in [4.78, 5) is 2.41. The lowest BCUT2D eigenvalue weighted by atomic mass is 10.1. The smallest absolute Gasteiger partial charge is 0.416 e. The van der Waals surface area contributed by atoms with Crippen molar-refractivity contribution < 1.29 is 22.6 Å². The second-order valence-corrected chi connectivity index (χ2v) is 6.69. The van der Waals surface area contributed by atoms with Gasteiger partial charge in [0.2, 0.25) is 0 Å². The predicted molar refractivity (Wildman–Crippen MR) is 97.8 cm³/mol. The van der Waals surface area contributed by atoms with Crippen LogP contribution in [0.25, 0.3) is 0 Å². The summed E-state index contributed by atoms with van der Waals surface area (Å²) in [5.41, 5.74) is 1.08. The molecule has 146 valence electrons. The molecule has 0 saturated carbocycles. The second kappa shape index (κ2) is 9.24. The number of rotatable bonds is 7. The lowest BCUT2D eigenvalue weighted by Gasteiger charge is -2.26. The van der Waals surface area contributed by atoms with Gasteiger partial charge in [-0.2, -0.15) is 13.2 Å². The van der Waals surface area contributed by atoms with Crippen LogP contribution in [-0.4, -0.2) is 37.7 Å². The van der Waals surface area contributed by atoms with E-state index in [-0.39, 0.29) is 6.61 Å². The van der Waals surface area contributed by atoms with Crippen molar-refractivity contribution in [2.45, 2.75) is 25.6 Å². The Labute approximate surface area is 157 Å². The topological polar surface area (TPSA) is 21.7 Å². The largest absolute Gasteiger partial charge is 0.489 e. The molecule has 0 amide bonds.